The number of hydrogen-bond acceptors (Lipinski definition) is 4. The van der Waals surface area contributed by atoms with Crippen LogP contribution in [0, 0.1) is 0 Å². The first kappa shape index (κ1) is 15.8. The Morgan fingerprint density at radius 1 is 1.32 bits per heavy atom. The summed E-state index contributed by atoms with van der Waals surface area (Å²) in [6.45, 7) is 12.8. The van der Waals surface area contributed by atoms with Crippen molar-refractivity contribution in [3.05, 3.63) is 5.69 Å². The smallest absolute Gasteiger partial charge is 0.147 e. The summed E-state index contributed by atoms with van der Waals surface area (Å²) in [6, 6.07) is 0. The normalized spacial score (nSPS) is 11.5. The molecule has 0 aromatic carbocycles. The molecule has 1 aromatic heterocycles. The Balaban J connectivity index is 2.58. The third-order valence-corrected chi connectivity index (χ3v) is 3.37. The second-order valence-electron chi connectivity index (χ2n) is 5.29. The predicted molar refractivity (Wildman–Crippen MR) is 82.6 cm³/mol. The highest BCUT2D eigenvalue weighted by molar-refractivity contribution is 5.65. The zero-order valence-corrected chi connectivity index (χ0v) is 13.0. The van der Waals surface area contributed by atoms with Crippen LogP contribution in [-0.4, -0.2) is 40.9 Å². The molecule has 1 rings (SSSR count). The molecule has 0 aliphatic carbocycles. The van der Waals surface area contributed by atoms with E-state index >= 15 is 0 Å². The fourth-order valence-corrected chi connectivity index (χ4v) is 2.27. The van der Waals surface area contributed by atoms with Crippen molar-refractivity contribution < 1.29 is 0 Å². The van der Waals surface area contributed by atoms with Crippen molar-refractivity contribution in [2.45, 2.75) is 40.0 Å². The highest BCUT2D eigenvalue weighted by Crippen LogP contribution is 2.27. The quantitative estimate of drug-likeness (QED) is 0.758. The van der Waals surface area contributed by atoms with Crippen molar-refractivity contribution in [1.29, 1.82) is 0 Å². The average Bonchev–Trinajstić information content (AvgIpc) is 2.65. The van der Waals surface area contributed by atoms with Gasteiger partial charge >= 0.3 is 0 Å². The summed E-state index contributed by atoms with van der Waals surface area (Å²) < 4.78 is 1.85. The van der Waals surface area contributed by atoms with E-state index in [1.54, 1.807) is 0 Å². The van der Waals surface area contributed by atoms with Crippen molar-refractivity contribution >= 4 is 11.5 Å². The van der Waals surface area contributed by atoms with Gasteiger partial charge in [-0.3, -0.25) is 4.68 Å². The van der Waals surface area contributed by atoms with E-state index in [9.17, 15) is 0 Å². The van der Waals surface area contributed by atoms with Gasteiger partial charge in [-0.25, -0.2) is 0 Å². The second-order valence-corrected chi connectivity index (χ2v) is 5.29. The monoisotopic (exact) mass is 267 g/mol. The minimum absolute atomic E-state index is 0.356. The molecule has 0 bridgehead atoms. The number of rotatable bonds is 8. The molecule has 5 nitrogen and oxygen atoms in total. The van der Waals surface area contributed by atoms with Crippen LogP contribution in [0.5, 0.6) is 0 Å². The van der Waals surface area contributed by atoms with Crippen LogP contribution >= 0.6 is 0 Å². The van der Waals surface area contributed by atoms with E-state index in [0.29, 0.717) is 5.92 Å². The summed E-state index contributed by atoms with van der Waals surface area (Å²) in [5, 5.41) is 7.89. The molecule has 0 spiro atoms. The Labute approximate surface area is 117 Å². The van der Waals surface area contributed by atoms with Crippen molar-refractivity contribution in [1.82, 2.24) is 14.7 Å². The van der Waals surface area contributed by atoms with Gasteiger partial charge in [0.25, 0.3) is 0 Å². The van der Waals surface area contributed by atoms with Crippen LogP contribution in [0.25, 0.3) is 0 Å². The first-order valence-corrected chi connectivity index (χ1v) is 7.29. The summed E-state index contributed by atoms with van der Waals surface area (Å²) in [5.74, 6) is 1.30. The molecule has 19 heavy (non-hydrogen) atoms. The van der Waals surface area contributed by atoms with Crippen molar-refractivity contribution in [3.63, 3.8) is 0 Å². The zero-order valence-electron chi connectivity index (χ0n) is 13.0. The van der Waals surface area contributed by atoms with Gasteiger partial charge < -0.3 is 16.0 Å². The van der Waals surface area contributed by atoms with Crippen LogP contribution in [0.2, 0.25) is 0 Å². The van der Waals surface area contributed by atoms with Gasteiger partial charge in [0.2, 0.25) is 0 Å². The van der Waals surface area contributed by atoms with E-state index < -0.39 is 0 Å². The summed E-state index contributed by atoms with van der Waals surface area (Å²) in [6.07, 6.45) is 1.19. The van der Waals surface area contributed by atoms with Crippen LogP contribution in [0.3, 0.4) is 0 Å². The predicted octanol–water partition coefficient (Wildman–Crippen LogP) is 2.27. The van der Waals surface area contributed by atoms with Gasteiger partial charge in [-0.1, -0.05) is 27.7 Å². The maximum atomic E-state index is 6.15. The first-order chi connectivity index (χ1) is 9.01. The number of hydrogen-bond donors (Lipinski definition) is 2. The van der Waals surface area contributed by atoms with Crippen molar-refractivity contribution in [3.8, 4) is 0 Å². The third kappa shape index (κ3) is 4.13. The molecule has 0 saturated carbocycles. The molecule has 0 saturated heterocycles. The number of nitrogens with one attached hydrogen (secondary N) is 1. The Hall–Kier alpha value is -1.23. The lowest BCUT2D eigenvalue weighted by atomic mass is 10.1. The van der Waals surface area contributed by atoms with E-state index in [4.69, 9.17) is 5.73 Å². The number of nitrogens with zero attached hydrogens (tertiary/aromatic N) is 3. The Morgan fingerprint density at radius 2 is 2.00 bits per heavy atom. The van der Waals surface area contributed by atoms with Gasteiger partial charge in [-0.15, -0.1) is 0 Å². The second kappa shape index (κ2) is 7.38. The van der Waals surface area contributed by atoms with Crippen molar-refractivity contribution in [2.24, 2.45) is 7.05 Å². The first-order valence-electron chi connectivity index (χ1n) is 7.29. The van der Waals surface area contributed by atoms with Gasteiger partial charge in [0.05, 0.1) is 11.4 Å². The van der Waals surface area contributed by atoms with E-state index in [1.807, 2.05) is 11.7 Å². The van der Waals surface area contributed by atoms with E-state index in [0.717, 1.165) is 43.4 Å². The number of nitrogens with two attached hydrogens (primary N) is 1. The molecule has 1 aromatic rings. The maximum absolute atomic E-state index is 6.15. The average molecular weight is 267 g/mol. The molecule has 1 heterocycles. The van der Waals surface area contributed by atoms with E-state index in [-0.39, 0.29) is 0 Å². The lowest BCUT2D eigenvalue weighted by molar-refractivity contribution is 0.300. The molecule has 0 radical (unpaired) electrons. The number of aromatic nitrogens is 2. The van der Waals surface area contributed by atoms with Crippen molar-refractivity contribution in [2.75, 3.05) is 37.2 Å². The van der Waals surface area contributed by atoms with Crippen LogP contribution in [-0.2, 0) is 7.05 Å². The standard InChI is InChI=1S/C14H29N5/c1-6-9-19(7-2)10-8-16-14-12(15)13(11(3)4)17-18(14)5/h11,16H,6-10,15H2,1-5H3. The van der Waals surface area contributed by atoms with E-state index in [2.05, 4.69) is 43.0 Å². The lowest BCUT2D eigenvalue weighted by Gasteiger charge is -2.20. The highest BCUT2D eigenvalue weighted by atomic mass is 15.3. The molecular weight excluding hydrogens is 238 g/mol. The third-order valence-electron chi connectivity index (χ3n) is 3.37. The topological polar surface area (TPSA) is 59.1 Å². The number of anilines is 2. The lowest BCUT2D eigenvalue weighted by Crippen LogP contribution is -2.30. The summed E-state index contributed by atoms with van der Waals surface area (Å²) in [5.41, 5.74) is 7.92. The Kier molecular flexibility index (Phi) is 6.15. The van der Waals surface area contributed by atoms with Gasteiger partial charge in [-0.05, 0) is 25.4 Å². The molecule has 0 fully saturated rings. The van der Waals surface area contributed by atoms with Crippen LogP contribution in [0.15, 0.2) is 0 Å². The molecule has 5 heteroatoms. The van der Waals surface area contributed by atoms with Gasteiger partial charge in [0, 0.05) is 20.1 Å². The fourth-order valence-electron chi connectivity index (χ4n) is 2.27. The van der Waals surface area contributed by atoms with Gasteiger partial charge in [-0.2, -0.15) is 5.10 Å². The molecule has 3 N–H and O–H groups in total. The minimum atomic E-state index is 0.356. The summed E-state index contributed by atoms with van der Waals surface area (Å²) in [7, 11) is 1.94. The number of aryl methyl sites for hydroxylation is 1. The molecule has 110 valence electrons. The number of nitrogen functional groups attached to an aromatic ring is 1. The number of likely N-dealkylation sites (N-methyl/N-ethyl adjacent to an activating group) is 1. The van der Waals surface area contributed by atoms with Gasteiger partial charge in [0.1, 0.15) is 5.82 Å². The fraction of sp³-hybridized carbons (Fsp3) is 0.786. The van der Waals surface area contributed by atoms with Crippen LogP contribution in [0.4, 0.5) is 11.5 Å². The minimum Gasteiger partial charge on any atom is -0.394 e. The SMILES string of the molecule is CCCN(CC)CCNc1c(N)c(C(C)C)nn1C. The Morgan fingerprint density at radius 3 is 2.47 bits per heavy atom. The molecule has 0 unspecified atom stereocenters. The zero-order chi connectivity index (χ0) is 14.4. The summed E-state index contributed by atoms with van der Waals surface area (Å²) in [4.78, 5) is 2.43. The molecule has 0 amide bonds. The molecule has 0 aliphatic rings. The Bertz CT molecular complexity index is 383. The summed E-state index contributed by atoms with van der Waals surface area (Å²) >= 11 is 0. The van der Waals surface area contributed by atoms with Gasteiger partial charge in [0.15, 0.2) is 0 Å². The maximum Gasteiger partial charge on any atom is 0.147 e. The molecule has 0 aliphatic heterocycles. The molecule has 0 atom stereocenters. The highest BCUT2D eigenvalue weighted by Gasteiger charge is 2.15. The largest absolute Gasteiger partial charge is 0.394 e. The molecular formula is C14H29N5. The van der Waals surface area contributed by atoms with E-state index in [1.165, 1.54) is 6.42 Å². The van der Waals surface area contributed by atoms with Crippen LogP contribution in [0.1, 0.15) is 45.7 Å². The van der Waals surface area contributed by atoms with Crippen LogP contribution < -0.4 is 11.1 Å².